The van der Waals surface area contributed by atoms with Crippen LogP contribution in [0.2, 0.25) is 0 Å². The van der Waals surface area contributed by atoms with Crippen LogP contribution >= 0.6 is 0 Å². The molecule has 4 heteroatoms. The Morgan fingerprint density at radius 2 is 2.14 bits per heavy atom. The number of rotatable bonds is 3. The summed E-state index contributed by atoms with van der Waals surface area (Å²) in [4.78, 5) is 14.2. The van der Waals surface area contributed by atoms with E-state index in [0.29, 0.717) is 25.6 Å². The quantitative estimate of drug-likeness (QED) is 0.871. The molecule has 4 nitrogen and oxygen atoms in total. The molecule has 1 saturated heterocycles. The van der Waals surface area contributed by atoms with Crippen LogP contribution in [0.4, 0.5) is 4.79 Å². The topological polar surface area (TPSA) is 41.6 Å². The first-order chi connectivity index (χ1) is 10.8. The number of hydrogen-bond donors (Lipinski definition) is 1. The van der Waals surface area contributed by atoms with Crippen LogP contribution in [0.15, 0.2) is 42.5 Å². The number of benzene rings is 1. The largest absolute Gasteiger partial charge is 0.370 e. The lowest BCUT2D eigenvalue weighted by Crippen LogP contribution is -2.48. The van der Waals surface area contributed by atoms with Crippen molar-refractivity contribution in [3.63, 3.8) is 0 Å². The minimum Gasteiger partial charge on any atom is -0.370 e. The van der Waals surface area contributed by atoms with Crippen molar-refractivity contribution in [2.45, 2.75) is 25.4 Å². The standard InChI is InChI=1S/C18H24N2O2/c21-18(19-13-15-7-3-1-4-8-15)20-11-12-22-17(14-20)16-9-5-2-6-10-16/h1-3,5-6,9-10,15,17H,4,7-8,11-14H2,(H,19,21). The van der Waals surface area contributed by atoms with Gasteiger partial charge in [-0.15, -0.1) is 0 Å². The number of nitrogens with zero attached hydrogens (tertiary/aromatic N) is 1. The summed E-state index contributed by atoms with van der Waals surface area (Å²) in [6.07, 6.45) is 7.82. The van der Waals surface area contributed by atoms with Crippen LogP contribution in [-0.2, 0) is 4.74 Å². The van der Waals surface area contributed by atoms with Crippen molar-refractivity contribution in [2.24, 2.45) is 5.92 Å². The fraction of sp³-hybridized carbons (Fsp3) is 0.500. The summed E-state index contributed by atoms with van der Waals surface area (Å²) in [6, 6.07) is 10.2. The van der Waals surface area contributed by atoms with Gasteiger partial charge in [-0.05, 0) is 30.7 Å². The van der Waals surface area contributed by atoms with Crippen LogP contribution in [0.1, 0.15) is 30.9 Å². The lowest BCUT2D eigenvalue weighted by atomic mass is 9.94. The maximum absolute atomic E-state index is 12.4. The molecule has 2 atom stereocenters. The zero-order chi connectivity index (χ0) is 15.2. The highest BCUT2D eigenvalue weighted by Crippen LogP contribution is 2.22. The second-order valence-corrected chi connectivity index (χ2v) is 6.05. The van der Waals surface area contributed by atoms with Crippen LogP contribution in [0.25, 0.3) is 0 Å². The third kappa shape index (κ3) is 3.89. The second-order valence-electron chi connectivity index (χ2n) is 6.05. The molecule has 1 N–H and O–H groups in total. The van der Waals surface area contributed by atoms with Crippen LogP contribution in [0, 0.1) is 5.92 Å². The Labute approximate surface area is 132 Å². The Hall–Kier alpha value is -1.81. The summed E-state index contributed by atoms with van der Waals surface area (Å²) in [5.74, 6) is 0.583. The Bertz CT molecular complexity index is 515. The summed E-state index contributed by atoms with van der Waals surface area (Å²) < 4.78 is 5.81. The molecule has 2 amide bonds. The average molecular weight is 300 g/mol. The van der Waals surface area contributed by atoms with E-state index in [9.17, 15) is 4.79 Å². The zero-order valence-corrected chi connectivity index (χ0v) is 12.9. The molecular formula is C18H24N2O2. The number of morpholine rings is 1. The molecule has 1 aromatic rings. The molecule has 1 aliphatic carbocycles. The van der Waals surface area contributed by atoms with Gasteiger partial charge in [-0.1, -0.05) is 42.5 Å². The van der Waals surface area contributed by atoms with Crippen molar-refractivity contribution in [1.82, 2.24) is 10.2 Å². The van der Waals surface area contributed by atoms with Gasteiger partial charge in [0.1, 0.15) is 6.10 Å². The number of carbonyl (C=O) groups excluding carboxylic acids is 1. The summed E-state index contributed by atoms with van der Waals surface area (Å²) in [7, 11) is 0. The van der Waals surface area contributed by atoms with Crippen molar-refractivity contribution < 1.29 is 9.53 Å². The number of carbonyl (C=O) groups is 1. The van der Waals surface area contributed by atoms with E-state index in [1.54, 1.807) is 0 Å². The van der Waals surface area contributed by atoms with E-state index in [0.717, 1.165) is 24.9 Å². The number of hydrogen-bond acceptors (Lipinski definition) is 2. The normalized spacial score (nSPS) is 25.0. The van der Waals surface area contributed by atoms with Crippen LogP contribution in [0.5, 0.6) is 0 Å². The number of ether oxygens (including phenoxy) is 1. The van der Waals surface area contributed by atoms with Gasteiger partial charge >= 0.3 is 6.03 Å². The summed E-state index contributed by atoms with van der Waals surface area (Å²) in [5, 5.41) is 3.09. The molecule has 22 heavy (non-hydrogen) atoms. The van der Waals surface area contributed by atoms with Gasteiger partial charge < -0.3 is 15.0 Å². The number of amides is 2. The Balaban J connectivity index is 1.50. The van der Waals surface area contributed by atoms with Gasteiger partial charge in [-0.3, -0.25) is 0 Å². The van der Waals surface area contributed by atoms with Gasteiger partial charge in [0.25, 0.3) is 0 Å². The average Bonchev–Trinajstić information content (AvgIpc) is 2.61. The minimum atomic E-state index is -0.0155. The summed E-state index contributed by atoms with van der Waals surface area (Å²) >= 11 is 0. The molecule has 1 aliphatic heterocycles. The lowest BCUT2D eigenvalue weighted by Gasteiger charge is -2.33. The van der Waals surface area contributed by atoms with Gasteiger partial charge in [-0.25, -0.2) is 4.79 Å². The van der Waals surface area contributed by atoms with Gasteiger partial charge in [0, 0.05) is 13.1 Å². The Morgan fingerprint density at radius 1 is 1.27 bits per heavy atom. The molecule has 1 aromatic carbocycles. The first-order valence-electron chi connectivity index (χ1n) is 8.17. The van der Waals surface area contributed by atoms with Gasteiger partial charge in [0.15, 0.2) is 0 Å². The highest BCUT2D eigenvalue weighted by molar-refractivity contribution is 5.74. The third-order valence-electron chi connectivity index (χ3n) is 4.44. The van der Waals surface area contributed by atoms with Crippen LogP contribution in [0.3, 0.4) is 0 Å². The van der Waals surface area contributed by atoms with E-state index in [2.05, 4.69) is 29.6 Å². The lowest BCUT2D eigenvalue weighted by molar-refractivity contribution is -0.0155. The monoisotopic (exact) mass is 300 g/mol. The molecule has 0 aromatic heterocycles. The molecule has 118 valence electrons. The van der Waals surface area contributed by atoms with E-state index in [4.69, 9.17) is 4.74 Å². The predicted octanol–water partition coefficient (Wildman–Crippen LogP) is 3.13. The minimum absolute atomic E-state index is 0.0155. The third-order valence-corrected chi connectivity index (χ3v) is 4.44. The molecule has 0 radical (unpaired) electrons. The molecule has 3 rings (SSSR count). The van der Waals surface area contributed by atoms with E-state index in [1.807, 2.05) is 23.1 Å². The predicted molar refractivity (Wildman–Crippen MR) is 86.6 cm³/mol. The number of urea groups is 1. The molecule has 0 spiro atoms. The van der Waals surface area contributed by atoms with Crippen LogP contribution < -0.4 is 5.32 Å². The van der Waals surface area contributed by atoms with Crippen molar-refractivity contribution in [3.8, 4) is 0 Å². The van der Waals surface area contributed by atoms with Gasteiger partial charge in [0.05, 0.1) is 13.2 Å². The highest BCUT2D eigenvalue weighted by Gasteiger charge is 2.25. The van der Waals surface area contributed by atoms with Gasteiger partial charge in [0.2, 0.25) is 0 Å². The summed E-state index contributed by atoms with van der Waals surface area (Å²) in [6.45, 7) is 2.66. The van der Waals surface area contributed by atoms with Crippen molar-refractivity contribution in [1.29, 1.82) is 0 Å². The van der Waals surface area contributed by atoms with Crippen molar-refractivity contribution >= 4 is 6.03 Å². The second kappa shape index (κ2) is 7.45. The van der Waals surface area contributed by atoms with E-state index in [-0.39, 0.29) is 12.1 Å². The molecule has 2 aliphatic rings. The van der Waals surface area contributed by atoms with E-state index < -0.39 is 0 Å². The molecule has 0 bridgehead atoms. The molecule has 2 unspecified atom stereocenters. The number of nitrogens with one attached hydrogen (secondary N) is 1. The van der Waals surface area contributed by atoms with Crippen LogP contribution in [-0.4, -0.2) is 37.2 Å². The maximum atomic E-state index is 12.4. The first kappa shape index (κ1) is 15.1. The molecular weight excluding hydrogens is 276 g/mol. The Kier molecular flexibility index (Phi) is 5.11. The fourth-order valence-corrected chi connectivity index (χ4v) is 3.09. The zero-order valence-electron chi connectivity index (χ0n) is 12.9. The smallest absolute Gasteiger partial charge is 0.317 e. The van der Waals surface area contributed by atoms with Crippen molar-refractivity contribution in [2.75, 3.05) is 26.2 Å². The molecule has 1 fully saturated rings. The number of allylic oxidation sites excluding steroid dienone is 2. The first-order valence-corrected chi connectivity index (χ1v) is 8.17. The highest BCUT2D eigenvalue weighted by atomic mass is 16.5. The molecule has 0 saturated carbocycles. The van der Waals surface area contributed by atoms with E-state index >= 15 is 0 Å². The Morgan fingerprint density at radius 3 is 2.91 bits per heavy atom. The fourth-order valence-electron chi connectivity index (χ4n) is 3.09. The molecule has 1 heterocycles. The summed E-state index contributed by atoms with van der Waals surface area (Å²) in [5.41, 5.74) is 1.14. The maximum Gasteiger partial charge on any atom is 0.317 e. The van der Waals surface area contributed by atoms with Gasteiger partial charge in [-0.2, -0.15) is 0 Å². The van der Waals surface area contributed by atoms with Crippen molar-refractivity contribution in [3.05, 3.63) is 48.0 Å². The SMILES string of the molecule is O=C(NCC1CC=CCC1)N1CCOC(c2ccccc2)C1. The van der Waals surface area contributed by atoms with E-state index in [1.165, 1.54) is 6.42 Å².